The van der Waals surface area contributed by atoms with Crippen LogP contribution in [0.2, 0.25) is 0 Å². The molecule has 0 aliphatic rings. The first-order chi connectivity index (χ1) is 19.8. The molecule has 41 heavy (non-hydrogen) atoms. The first kappa shape index (κ1) is 32.5. The molecule has 0 heterocycles. The van der Waals surface area contributed by atoms with Crippen molar-refractivity contribution in [1.82, 2.24) is 0 Å². The summed E-state index contributed by atoms with van der Waals surface area (Å²) < 4.78 is 70.1. The number of halogens is 4. The van der Waals surface area contributed by atoms with Crippen molar-refractivity contribution in [2.24, 2.45) is 0 Å². The van der Waals surface area contributed by atoms with Crippen LogP contribution < -0.4 is 9.47 Å². The fourth-order valence-corrected chi connectivity index (χ4v) is 4.87. The normalized spacial score (nSPS) is 11.6. The van der Waals surface area contributed by atoms with Crippen LogP contribution in [0.25, 0.3) is 0 Å². The number of unbranched alkanes of at least 4 members (excludes halogenated alkanes) is 10. The summed E-state index contributed by atoms with van der Waals surface area (Å²) in [6.07, 6.45) is 11.8. The standard InChI is InChI=1S/C35H44F4O2/c1-3-5-7-9-10-11-12-14-16-28-19-23-30(24-20-28)41-35(38,39)33-31(36)25-26-32(34(33)37)40-29-21-17-27(18-22-29)15-13-8-6-4-2/h17-26H,3-16H2,1-2H3. The minimum atomic E-state index is -4.24. The third kappa shape index (κ3) is 10.7. The third-order valence-electron chi connectivity index (χ3n) is 7.31. The summed E-state index contributed by atoms with van der Waals surface area (Å²) in [5.41, 5.74) is 0.634. The van der Waals surface area contributed by atoms with E-state index in [-0.39, 0.29) is 11.5 Å². The summed E-state index contributed by atoms with van der Waals surface area (Å²) in [6, 6.07) is 15.0. The van der Waals surface area contributed by atoms with E-state index >= 15 is 13.2 Å². The number of hydrogen-bond donors (Lipinski definition) is 0. The molecule has 3 aromatic rings. The molecule has 0 atom stereocenters. The van der Waals surface area contributed by atoms with E-state index in [0.29, 0.717) is 0 Å². The Morgan fingerprint density at radius 1 is 0.561 bits per heavy atom. The van der Waals surface area contributed by atoms with E-state index in [1.54, 1.807) is 24.3 Å². The molecule has 0 fully saturated rings. The predicted molar refractivity (Wildman–Crippen MR) is 158 cm³/mol. The van der Waals surface area contributed by atoms with E-state index in [1.807, 2.05) is 12.1 Å². The molecule has 3 rings (SSSR count). The molecule has 2 nitrogen and oxygen atoms in total. The molecule has 0 saturated heterocycles. The summed E-state index contributed by atoms with van der Waals surface area (Å²) in [5, 5.41) is 0. The van der Waals surface area contributed by atoms with Gasteiger partial charge in [0.1, 0.15) is 22.9 Å². The van der Waals surface area contributed by atoms with Crippen molar-refractivity contribution in [2.75, 3.05) is 0 Å². The van der Waals surface area contributed by atoms with Gasteiger partial charge in [-0.05, 0) is 73.2 Å². The molecule has 0 aliphatic heterocycles. The van der Waals surface area contributed by atoms with Crippen LogP contribution in [0.5, 0.6) is 17.2 Å². The second-order valence-electron chi connectivity index (χ2n) is 10.8. The molecule has 0 radical (unpaired) electrons. The zero-order valence-corrected chi connectivity index (χ0v) is 24.5. The maximum Gasteiger partial charge on any atom is 0.432 e. The van der Waals surface area contributed by atoms with Crippen molar-refractivity contribution in [3.05, 3.63) is 89.0 Å². The topological polar surface area (TPSA) is 18.5 Å². The molecule has 3 aromatic carbocycles. The van der Waals surface area contributed by atoms with Crippen molar-refractivity contribution in [3.8, 4) is 17.2 Å². The van der Waals surface area contributed by atoms with Crippen LogP contribution >= 0.6 is 0 Å². The van der Waals surface area contributed by atoms with Gasteiger partial charge in [0.25, 0.3) is 0 Å². The minimum Gasteiger partial charge on any atom is -0.454 e. The monoisotopic (exact) mass is 572 g/mol. The second-order valence-corrected chi connectivity index (χ2v) is 10.8. The van der Waals surface area contributed by atoms with Gasteiger partial charge in [-0.3, -0.25) is 0 Å². The summed E-state index contributed by atoms with van der Waals surface area (Å²) in [7, 11) is 0. The van der Waals surface area contributed by atoms with Crippen LogP contribution in [0, 0.1) is 11.6 Å². The number of rotatable bonds is 19. The Morgan fingerprint density at radius 2 is 1.02 bits per heavy atom. The van der Waals surface area contributed by atoms with Crippen LogP contribution in [-0.4, -0.2) is 0 Å². The summed E-state index contributed by atoms with van der Waals surface area (Å²) >= 11 is 0. The van der Waals surface area contributed by atoms with Crippen molar-refractivity contribution < 1.29 is 27.0 Å². The fourth-order valence-electron chi connectivity index (χ4n) is 4.87. The highest BCUT2D eigenvalue weighted by Crippen LogP contribution is 2.39. The Morgan fingerprint density at radius 3 is 1.56 bits per heavy atom. The molecule has 0 amide bonds. The van der Waals surface area contributed by atoms with E-state index in [9.17, 15) is 4.39 Å². The molecule has 0 bridgehead atoms. The average molecular weight is 573 g/mol. The summed E-state index contributed by atoms with van der Waals surface area (Å²) in [5.74, 6) is -3.30. The lowest BCUT2D eigenvalue weighted by atomic mass is 10.0. The van der Waals surface area contributed by atoms with Gasteiger partial charge in [0.15, 0.2) is 11.6 Å². The Bertz CT molecular complexity index is 1160. The molecular formula is C35H44F4O2. The number of ether oxygens (including phenoxy) is 2. The van der Waals surface area contributed by atoms with E-state index in [0.717, 1.165) is 68.2 Å². The van der Waals surface area contributed by atoms with Gasteiger partial charge < -0.3 is 9.47 Å². The van der Waals surface area contributed by atoms with E-state index in [4.69, 9.17) is 9.47 Å². The lowest BCUT2D eigenvalue weighted by Crippen LogP contribution is -2.25. The number of benzene rings is 3. The van der Waals surface area contributed by atoms with E-state index in [2.05, 4.69) is 13.8 Å². The van der Waals surface area contributed by atoms with Crippen LogP contribution in [0.3, 0.4) is 0 Å². The predicted octanol–water partition coefficient (Wildman–Crippen LogP) is 11.7. The van der Waals surface area contributed by atoms with Gasteiger partial charge in [0, 0.05) is 0 Å². The van der Waals surface area contributed by atoms with Crippen molar-refractivity contribution in [3.63, 3.8) is 0 Å². The summed E-state index contributed by atoms with van der Waals surface area (Å²) in [4.78, 5) is 0. The quantitative estimate of drug-likeness (QED) is 0.105. The molecule has 0 aromatic heterocycles. The number of hydrogen-bond acceptors (Lipinski definition) is 2. The fraction of sp³-hybridized carbons (Fsp3) is 0.486. The maximum atomic E-state index is 15.2. The largest absolute Gasteiger partial charge is 0.454 e. The Kier molecular flexibility index (Phi) is 13.5. The van der Waals surface area contributed by atoms with Gasteiger partial charge in [-0.1, -0.05) is 102 Å². The Labute approximate surface area is 243 Å². The molecule has 0 aliphatic carbocycles. The van der Waals surface area contributed by atoms with Crippen molar-refractivity contribution in [1.29, 1.82) is 0 Å². The number of aryl methyl sites for hydroxylation is 2. The van der Waals surface area contributed by atoms with Crippen LogP contribution in [0.4, 0.5) is 17.6 Å². The minimum absolute atomic E-state index is 0.172. The first-order valence-corrected chi connectivity index (χ1v) is 15.2. The summed E-state index contributed by atoms with van der Waals surface area (Å²) in [6.45, 7) is 4.36. The molecule has 0 N–H and O–H groups in total. The highest BCUT2D eigenvalue weighted by Gasteiger charge is 2.42. The van der Waals surface area contributed by atoms with Gasteiger partial charge in [-0.25, -0.2) is 8.78 Å². The number of alkyl halides is 2. The smallest absolute Gasteiger partial charge is 0.432 e. The zero-order valence-electron chi connectivity index (χ0n) is 24.5. The average Bonchev–Trinajstić information content (AvgIpc) is 2.95. The molecule has 224 valence electrons. The van der Waals surface area contributed by atoms with Crippen molar-refractivity contribution >= 4 is 0 Å². The molecule has 0 saturated carbocycles. The second kappa shape index (κ2) is 17.1. The van der Waals surface area contributed by atoms with E-state index in [1.165, 1.54) is 57.1 Å². The van der Waals surface area contributed by atoms with Crippen LogP contribution in [0.1, 0.15) is 108 Å². The molecule has 0 unspecified atom stereocenters. The van der Waals surface area contributed by atoms with Gasteiger partial charge in [0.2, 0.25) is 0 Å². The van der Waals surface area contributed by atoms with Gasteiger partial charge in [-0.15, -0.1) is 0 Å². The molecule has 6 heteroatoms. The highest BCUT2D eigenvalue weighted by molar-refractivity contribution is 5.39. The zero-order chi connectivity index (χ0) is 29.5. The van der Waals surface area contributed by atoms with Gasteiger partial charge in [0.05, 0.1) is 0 Å². The highest BCUT2D eigenvalue weighted by atomic mass is 19.3. The Balaban J connectivity index is 1.57. The molecular weight excluding hydrogens is 528 g/mol. The van der Waals surface area contributed by atoms with Gasteiger partial charge >= 0.3 is 6.11 Å². The Hall–Kier alpha value is -3.02. The van der Waals surface area contributed by atoms with Gasteiger partial charge in [-0.2, -0.15) is 8.78 Å². The van der Waals surface area contributed by atoms with Crippen LogP contribution in [-0.2, 0) is 19.0 Å². The maximum absolute atomic E-state index is 15.2. The first-order valence-electron chi connectivity index (χ1n) is 15.2. The van der Waals surface area contributed by atoms with E-state index < -0.39 is 29.1 Å². The van der Waals surface area contributed by atoms with Crippen molar-refractivity contribution in [2.45, 2.75) is 110 Å². The lowest BCUT2D eigenvalue weighted by Gasteiger charge is -2.20. The lowest BCUT2D eigenvalue weighted by molar-refractivity contribution is -0.189. The third-order valence-corrected chi connectivity index (χ3v) is 7.31. The van der Waals surface area contributed by atoms with Crippen LogP contribution in [0.15, 0.2) is 60.7 Å². The molecule has 0 spiro atoms. The SMILES string of the molecule is CCCCCCCCCCc1ccc(OC(F)(F)c2c(F)ccc(Oc3ccc(CCCCCC)cc3)c2F)cc1.